The van der Waals surface area contributed by atoms with Crippen molar-refractivity contribution in [2.24, 2.45) is 0 Å². The standard InChI is InChI=1S/C15H18N2O/c18-15(17-8-2-1-3-9-17)11-12-4-5-13-6-7-16-14(13)10-12/h4-7,10,16H,1-3,8-9,11H2. The molecule has 1 fully saturated rings. The Morgan fingerprint density at radius 1 is 1.17 bits per heavy atom. The van der Waals surface area contributed by atoms with Gasteiger partial charge in [0.15, 0.2) is 0 Å². The molecule has 18 heavy (non-hydrogen) atoms. The van der Waals surface area contributed by atoms with Crippen LogP contribution in [0, 0.1) is 0 Å². The maximum absolute atomic E-state index is 12.2. The van der Waals surface area contributed by atoms with Crippen LogP contribution in [-0.4, -0.2) is 28.9 Å². The van der Waals surface area contributed by atoms with E-state index in [1.54, 1.807) is 0 Å². The summed E-state index contributed by atoms with van der Waals surface area (Å²) < 4.78 is 0. The van der Waals surface area contributed by atoms with Crippen molar-refractivity contribution >= 4 is 16.8 Å². The maximum atomic E-state index is 12.2. The summed E-state index contributed by atoms with van der Waals surface area (Å²) >= 11 is 0. The third-order valence-corrected chi connectivity index (χ3v) is 3.68. The van der Waals surface area contributed by atoms with Crippen LogP contribution in [0.2, 0.25) is 0 Å². The third kappa shape index (κ3) is 2.26. The summed E-state index contributed by atoms with van der Waals surface area (Å²) in [7, 11) is 0. The molecule has 1 N–H and O–H groups in total. The minimum absolute atomic E-state index is 0.264. The number of carbonyl (C=O) groups excluding carboxylic acids is 1. The first-order chi connectivity index (χ1) is 8.83. The van der Waals surface area contributed by atoms with E-state index in [1.807, 2.05) is 17.2 Å². The lowest BCUT2D eigenvalue weighted by Crippen LogP contribution is -2.36. The fourth-order valence-electron chi connectivity index (χ4n) is 2.63. The number of H-pyrrole nitrogens is 1. The number of nitrogens with one attached hydrogen (secondary N) is 1. The molecule has 3 nitrogen and oxygen atoms in total. The SMILES string of the molecule is O=C(Cc1ccc2cc[nH]c2c1)N1CCCCC1. The van der Waals surface area contributed by atoms with E-state index in [9.17, 15) is 4.79 Å². The zero-order valence-corrected chi connectivity index (χ0v) is 10.5. The van der Waals surface area contributed by atoms with Crippen LogP contribution in [0.25, 0.3) is 10.9 Å². The van der Waals surface area contributed by atoms with E-state index >= 15 is 0 Å². The summed E-state index contributed by atoms with van der Waals surface area (Å²) in [5.41, 5.74) is 2.21. The second-order valence-corrected chi connectivity index (χ2v) is 5.02. The molecule has 0 aliphatic carbocycles. The van der Waals surface area contributed by atoms with Gasteiger partial charge in [0.25, 0.3) is 0 Å². The van der Waals surface area contributed by atoms with Crippen LogP contribution in [0.15, 0.2) is 30.5 Å². The number of fused-ring (bicyclic) bond motifs is 1. The van der Waals surface area contributed by atoms with Gasteiger partial charge in [0, 0.05) is 24.8 Å². The summed E-state index contributed by atoms with van der Waals surface area (Å²) in [5, 5.41) is 1.20. The average Bonchev–Trinajstić information content (AvgIpc) is 2.87. The lowest BCUT2D eigenvalue weighted by atomic mass is 10.1. The monoisotopic (exact) mass is 242 g/mol. The smallest absolute Gasteiger partial charge is 0.226 e. The van der Waals surface area contributed by atoms with Gasteiger partial charge in [-0.2, -0.15) is 0 Å². The minimum atomic E-state index is 0.264. The molecule has 3 rings (SSSR count). The van der Waals surface area contributed by atoms with Gasteiger partial charge in [-0.25, -0.2) is 0 Å². The van der Waals surface area contributed by atoms with Crippen LogP contribution in [0.4, 0.5) is 0 Å². The van der Waals surface area contributed by atoms with Crippen LogP contribution < -0.4 is 0 Å². The quantitative estimate of drug-likeness (QED) is 0.863. The number of hydrogen-bond acceptors (Lipinski definition) is 1. The Bertz CT molecular complexity index is 552. The largest absolute Gasteiger partial charge is 0.361 e. The van der Waals surface area contributed by atoms with E-state index in [0.717, 1.165) is 37.0 Å². The first-order valence-electron chi connectivity index (χ1n) is 6.67. The molecule has 1 aliphatic heterocycles. The second-order valence-electron chi connectivity index (χ2n) is 5.02. The van der Waals surface area contributed by atoms with Crippen molar-refractivity contribution < 1.29 is 4.79 Å². The van der Waals surface area contributed by atoms with E-state index in [0.29, 0.717) is 6.42 Å². The Kier molecular flexibility index (Phi) is 3.05. The summed E-state index contributed by atoms with van der Waals surface area (Å²) in [6.07, 6.45) is 6.02. The van der Waals surface area contributed by atoms with Gasteiger partial charge < -0.3 is 9.88 Å². The molecule has 1 aromatic carbocycles. The number of aromatic nitrogens is 1. The topological polar surface area (TPSA) is 36.1 Å². The van der Waals surface area contributed by atoms with Crippen molar-refractivity contribution in [3.63, 3.8) is 0 Å². The molecular formula is C15H18N2O. The van der Waals surface area contributed by atoms with Crippen molar-refractivity contribution in [3.8, 4) is 0 Å². The number of amides is 1. The maximum Gasteiger partial charge on any atom is 0.226 e. The highest BCUT2D eigenvalue weighted by Crippen LogP contribution is 2.16. The molecule has 0 radical (unpaired) electrons. The average molecular weight is 242 g/mol. The van der Waals surface area contributed by atoms with Crippen molar-refractivity contribution in [1.82, 2.24) is 9.88 Å². The molecule has 2 aromatic rings. The number of rotatable bonds is 2. The molecule has 3 heteroatoms. The molecule has 1 saturated heterocycles. The van der Waals surface area contributed by atoms with Gasteiger partial charge in [0.2, 0.25) is 5.91 Å². The molecular weight excluding hydrogens is 224 g/mol. The van der Waals surface area contributed by atoms with Crippen LogP contribution in [-0.2, 0) is 11.2 Å². The molecule has 1 amide bonds. The number of nitrogens with zero attached hydrogens (tertiary/aromatic N) is 1. The van der Waals surface area contributed by atoms with Crippen LogP contribution in [0.3, 0.4) is 0 Å². The number of carbonyl (C=O) groups is 1. The number of benzene rings is 1. The predicted octanol–water partition coefficient (Wildman–Crippen LogP) is 2.72. The van der Waals surface area contributed by atoms with E-state index < -0.39 is 0 Å². The second kappa shape index (κ2) is 4.84. The fourth-order valence-corrected chi connectivity index (χ4v) is 2.63. The lowest BCUT2D eigenvalue weighted by Gasteiger charge is -2.26. The van der Waals surface area contributed by atoms with Gasteiger partial charge in [0.1, 0.15) is 0 Å². The Morgan fingerprint density at radius 3 is 2.83 bits per heavy atom. The molecule has 0 unspecified atom stereocenters. The number of hydrogen-bond donors (Lipinski definition) is 1. The van der Waals surface area contributed by atoms with Crippen molar-refractivity contribution in [1.29, 1.82) is 0 Å². The highest BCUT2D eigenvalue weighted by atomic mass is 16.2. The Balaban J connectivity index is 1.72. The molecule has 1 aliphatic rings. The van der Waals surface area contributed by atoms with Crippen LogP contribution >= 0.6 is 0 Å². The summed E-state index contributed by atoms with van der Waals surface area (Å²) in [6.45, 7) is 1.87. The predicted molar refractivity (Wildman–Crippen MR) is 72.4 cm³/mol. The molecule has 94 valence electrons. The van der Waals surface area contributed by atoms with E-state index in [1.165, 1.54) is 11.8 Å². The highest BCUT2D eigenvalue weighted by Gasteiger charge is 2.16. The zero-order valence-electron chi connectivity index (χ0n) is 10.5. The Hall–Kier alpha value is -1.77. The van der Waals surface area contributed by atoms with Gasteiger partial charge in [-0.15, -0.1) is 0 Å². The van der Waals surface area contributed by atoms with E-state index in [2.05, 4.69) is 23.2 Å². The van der Waals surface area contributed by atoms with Gasteiger partial charge in [-0.1, -0.05) is 12.1 Å². The highest BCUT2D eigenvalue weighted by molar-refractivity contribution is 5.83. The van der Waals surface area contributed by atoms with Gasteiger partial charge >= 0.3 is 0 Å². The first-order valence-corrected chi connectivity index (χ1v) is 6.67. The number of piperidine rings is 1. The van der Waals surface area contributed by atoms with Gasteiger partial charge in [0.05, 0.1) is 6.42 Å². The van der Waals surface area contributed by atoms with Gasteiger partial charge in [-0.05, 0) is 42.3 Å². The minimum Gasteiger partial charge on any atom is -0.361 e. The molecule has 0 atom stereocenters. The number of likely N-dealkylation sites (tertiary alicyclic amines) is 1. The van der Waals surface area contributed by atoms with Crippen molar-refractivity contribution in [2.75, 3.05) is 13.1 Å². The number of aromatic amines is 1. The van der Waals surface area contributed by atoms with E-state index in [-0.39, 0.29) is 5.91 Å². The van der Waals surface area contributed by atoms with Crippen molar-refractivity contribution in [2.45, 2.75) is 25.7 Å². The summed E-state index contributed by atoms with van der Waals surface area (Å²) in [6, 6.07) is 8.26. The van der Waals surface area contributed by atoms with Crippen LogP contribution in [0.5, 0.6) is 0 Å². The molecule has 0 bridgehead atoms. The summed E-state index contributed by atoms with van der Waals surface area (Å²) in [4.78, 5) is 17.3. The normalized spacial score (nSPS) is 16.1. The molecule has 0 spiro atoms. The Labute approximate surface area is 107 Å². The van der Waals surface area contributed by atoms with Crippen molar-refractivity contribution in [3.05, 3.63) is 36.0 Å². The lowest BCUT2D eigenvalue weighted by molar-refractivity contribution is -0.131. The Morgan fingerprint density at radius 2 is 2.00 bits per heavy atom. The van der Waals surface area contributed by atoms with Gasteiger partial charge in [-0.3, -0.25) is 4.79 Å². The molecule has 2 heterocycles. The first kappa shape index (κ1) is 11.3. The molecule has 0 saturated carbocycles. The molecule has 1 aromatic heterocycles. The van der Waals surface area contributed by atoms with Crippen LogP contribution in [0.1, 0.15) is 24.8 Å². The fraction of sp³-hybridized carbons (Fsp3) is 0.400. The summed E-state index contributed by atoms with van der Waals surface area (Å²) in [5.74, 6) is 0.264. The zero-order chi connectivity index (χ0) is 12.4. The third-order valence-electron chi connectivity index (χ3n) is 3.68. The van der Waals surface area contributed by atoms with E-state index in [4.69, 9.17) is 0 Å².